The van der Waals surface area contributed by atoms with Crippen molar-refractivity contribution in [3.8, 4) is 0 Å². The fourth-order valence-corrected chi connectivity index (χ4v) is 11.8. The highest BCUT2D eigenvalue weighted by atomic mass is 32.1. The molecule has 4 fully saturated rings. The molecule has 4 N–H and O–H groups in total. The Morgan fingerprint density at radius 1 is 1.02 bits per heavy atom. The number of halogens is 3. The van der Waals surface area contributed by atoms with Gasteiger partial charge in [-0.15, -0.1) is 11.3 Å². The van der Waals surface area contributed by atoms with E-state index in [1.165, 1.54) is 23.8 Å². The van der Waals surface area contributed by atoms with Gasteiger partial charge in [0.1, 0.15) is 17.4 Å². The van der Waals surface area contributed by atoms with Crippen molar-refractivity contribution < 1.29 is 37.5 Å². The van der Waals surface area contributed by atoms with Crippen LogP contribution < -0.4 is 16.0 Å². The molecule has 9 rings (SSSR count). The van der Waals surface area contributed by atoms with Crippen LogP contribution >= 0.6 is 11.3 Å². The first-order valence-electron chi connectivity index (χ1n) is 21.8. The van der Waals surface area contributed by atoms with E-state index in [9.17, 15) is 37.5 Å². The average Bonchev–Trinajstić information content (AvgIpc) is 3.74. The van der Waals surface area contributed by atoms with Crippen LogP contribution in [0.3, 0.4) is 0 Å². The van der Waals surface area contributed by atoms with Crippen LogP contribution in [0.15, 0.2) is 55.1 Å². The van der Waals surface area contributed by atoms with Crippen molar-refractivity contribution in [2.45, 2.75) is 95.9 Å². The maximum absolute atomic E-state index is 13.7. The summed E-state index contributed by atoms with van der Waals surface area (Å²) in [6.45, 7) is 13.7. The van der Waals surface area contributed by atoms with Gasteiger partial charge >= 0.3 is 6.18 Å². The zero-order valence-electron chi connectivity index (χ0n) is 35.6. The number of benzene rings is 2. The van der Waals surface area contributed by atoms with Gasteiger partial charge in [-0.25, -0.2) is 9.97 Å². The summed E-state index contributed by atoms with van der Waals surface area (Å²) in [5.74, 6) is 0.0941. The molecule has 12 nitrogen and oxygen atoms in total. The zero-order valence-corrected chi connectivity index (χ0v) is 36.4. The third-order valence-electron chi connectivity index (χ3n) is 14.0. The molecule has 3 aliphatic heterocycles. The Kier molecular flexibility index (Phi) is 11.0. The molecule has 4 amide bonds. The monoisotopic (exact) mass is 883 g/mol. The van der Waals surface area contributed by atoms with Crippen LogP contribution in [0.1, 0.15) is 121 Å². The summed E-state index contributed by atoms with van der Waals surface area (Å²) in [6, 6.07) is 11.6. The summed E-state index contributed by atoms with van der Waals surface area (Å²) >= 11 is 1.56. The van der Waals surface area contributed by atoms with Crippen LogP contribution in [0.4, 0.5) is 24.5 Å². The Morgan fingerprint density at radius 3 is 2.44 bits per heavy atom. The number of fused-ring (bicyclic) bond motifs is 2. The number of nitrogens with one attached hydrogen (secondary N) is 3. The predicted molar refractivity (Wildman–Crippen MR) is 234 cm³/mol. The van der Waals surface area contributed by atoms with E-state index in [4.69, 9.17) is 4.98 Å². The summed E-state index contributed by atoms with van der Waals surface area (Å²) in [7, 11) is 0. The molecular weight excluding hydrogens is 832 g/mol. The molecule has 1 unspecified atom stereocenters. The number of nitrogens with zero attached hydrogens (tertiary/aromatic N) is 4. The highest BCUT2D eigenvalue weighted by Crippen LogP contribution is 2.55. The van der Waals surface area contributed by atoms with Crippen LogP contribution in [0.5, 0.6) is 0 Å². The van der Waals surface area contributed by atoms with Gasteiger partial charge in [-0.2, -0.15) is 13.2 Å². The molecule has 2 atom stereocenters. The largest absolute Gasteiger partial charge is 0.433 e. The topological polar surface area (TPSA) is 157 Å². The number of carbonyl (C=O) groups excluding carboxylic acids is 4. The number of carbonyl (C=O) groups is 4. The Morgan fingerprint density at radius 2 is 1.75 bits per heavy atom. The summed E-state index contributed by atoms with van der Waals surface area (Å²) < 4.78 is 40.7. The average molecular weight is 884 g/mol. The summed E-state index contributed by atoms with van der Waals surface area (Å²) in [5.41, 5.74) is 1.41. The van der Waals surface area contributed by atoms with E-state index in [1.54, 1.807) is 37.3 Å². The summed E-state index contributed by atoms with van der Waals surface area (Å²) in [5, 5.41) is 20.6. The molecule has 0 radical (unpaired) electrons. The number of anilines is 2. The molecule has 0 bridgehead atoms. The van der Waals surface area contributed by atoms with Gasteiger partial charge in [0, 0.05) is 66.7 Å². The summed E-state index contributed by atoms with van der Waals surface area (Å²) in [4.78, 5) is 63.7. The van der Waals surface area contributed by atoms with E-state index in [2.05, 4.69) is 39.3 Å². The molecular formula is C47H52F3N7O5S. The van der Waals surface area contributed by atoms with Crippen molar-refractivity contribution in [2.75, 3.05) is 36.8 Å². The predicted octanol–water partition coefficient (Wildman–Crippen LogP) is 8.16. The zero-order chi connectivity index (χ0) is 44.6. The Labute approximate surface area is 367 Å². The number of hydrogen-bond donors (Lipinski definition) is 4. The second-order valence-electron chi connectivity index (χ2n) is 19.1. The van der Waals surface area contributed by atoms with Crippen molar-refractivity contribution >= 4 is 62.3 Å². The second kappa shape index (κ2) is 16.1. The minimum absolute atomic E-state index is 0.185. The van der Waals surface area contributed by atoms with Gasteiger partial charge < -0.3 is 20.6 Å². The minimum atomic E-state index is -4.69. The molecule has 16 heteroatoms. The van der Waals surface area contributed by atoms with Gasteiger partial charge in [-0.1, -0.05) is 31.7 Å². The number of likely N-dealkylation sites (tertiary alicyclic amines) is 1. The molecule has 2 aliphatic carbocycles. The van der Waals surface area contributed by atoms with Crippen LogP contribution in [0.25, 0.3) is 15.9 Å². The number of amides is 4. The van der Waals surface area contributed by atoms with Gasteiger partial charge in [0.25, 0.3) is 11.8 Å². The van der Waals surface area contributed by atoms with Crippen LogP contribution in [-0.2, 0) is 21.4 Å². The van der Waals surface area contributed by atoms with Crippen LogP contribution in [0, 0.1) is 23.2 Å². The number of aliphatic hydroxyl groups is 1. The molecule has 332 valence electrons. The molecule has 2 saturated heterocycles. The highest BCUT2D eigenvalue weighted by Gasteiger charge is 2.53. The van der Waals surface area contributed by atoms with Crippen molar-refractivity contribution in [3.05, 3.63) is 88.2 Å². The number of hydrogen-bond acceptors (Lipinski definition) is 10. The lowest BCUT2D eigenvalue weighted by atomic mass is 9.54. The minimum Gasteiger partial charge on any atom is -0.386 e. The molecule has 5 aliphatic rings. The van der Waals surface area contributed by atoms with Gasteiger partial charge in [0.15, 0.2) is 0 Å². The number of alkyl halides is 3. The van der Waals surface area contributed by atoms with Crippen LogP contribution in [0.2, 0.25) is 0 Å². The van der Waals surface area contributed by atoms with Crippen molar-refractivity contribution in [1.29, 1.82) is 0 Å². The number of rotatable bonds is 11. The number of thiazole rings is 1. The SMILES string of the molecule is C=C1c2cccc(NC[C@@H](C)C3CC4(C3)CN(CC3CCC(c5nc6cc(C(C)(C)O)c(NC(=O)c7cccc(C(F)(F)F)n7)cc6s5)CC3)C4)c2C(=O)N1C1CCC(=O)NC1=O. The van der Waals surface area contributed by atoms with E-state index in [0.29, 0.717) is 62.7 Å². The van der Waals surface area contributed by atoms with Crippen molar-refractivity contribution in [1.82, 2.24) is 25.1 Å². The lowest BCUT2D eigenvalue weighted by Crippen LogP contribution is -2.63. The van der Waals surface area contributed by atoms with E-state index < -0.39 is 35.3 Å². The first-order valence-corrected chi connectivity index (χ1v) is 22.7. The number of piperidine rings is 1. The molecule has 5 heterocycles. The van der Waals surface area contributed by atoms with E-state index >= 15 is 0 Å². The molecule has 2 aromatic heterocycles. The summed E-state index contributed by atoms with van der Waals surface area (Å²) in [6.07, 6.45) is 2.45. The lowest BCUT2D eigenvalue weighted by Gasteiger charge is -2.61. The highest BCUT2D eigenvalue weighted by molar-refractivity contribution is 7.18. The number of imide groups is 1. The van der Waals surface area contributed by atoms with E-state index in [-0.39, 0.29) is 30.3 Å². The Hall–Kier alpha value is -5.19. The fraction of sp³-hybridized carbons (Fsp3) is 0.489. The Balaban J connectivity index is 0.745. The van der Waals surface area contributed by atoms with Crippen molar-refractivity contribution in [2.24, 2.45) is 23.2 Å². The maximum atomic E-state index is 13.7. The van der Waals surface area contributed by atoms with Crippen LogP contribution in [-0.4, -0.2) is 80.7 Å². The van der Waals surface area contributed by atoms with Gasteiger partial charge in [0.05, 0.1) is 26.4 Å². The molecule has 1 spiro atoms. The smallest absolute Gasteiger partial charge is 0.386 e. The molecule has 2 saturated carbocycles. The van der Waals surface area contributed by atoms with Crippen molar-refractivity contribution in [3.63, 3.8) is 0 Å². The normalized spacial score (nSPS) is 23.3. The quantitative estimate of drug-likeness (QED) is 0.109. The first kappa shape index (κ1) is 43.1. The van der Waals surface area contributed by atoms with Gasteiger partial charge in [-0.05, 0) is 112 Å². The molecule has 2 aromatic carbocycles. The standard InChI is InChI=1S/C47H52F3N7O5S/c1-25(21-51-32-8-5-7-30-26(2)57(44(61)40(30)32)36-15-16-39(58)55-42(36)60)29-19-46(20-29)23-56(24-46)22-27-11-13-28(14-12-27)43-54-35-17-31(45(3,4)62)34(18-37(35)63-43)53-41(59)33-9-6-10-38(52-33)47(48,49)50/h5-10,17-18,25,27-29,36,51,62H,2,11-16,19-24H2,1,3-4H3,(H,53,59)(H,55,58,60)/t25-,27?,28?,36?/m1/s1. The lowest BCUT2D eigenvalue weighted by molar-refractivity contribution is -0.141. The number of aromatic nitrogens is 2. The molecule has 63 heavy (non-hydrogen) atoms. The fourth-order valence-electron chi connectivity index (χ4n) is 10.6. The Bertz CT molecular complexity index is 2510. The molecule has 4 aromatic rings. The maximum Gasteiger partial charge on any atom is 0.433 e. The first-order chi connectivity index (χ1) is 29.9. The third-order valence-corrected chi connectivity index (χ3v) is 15.2. The number of pyridine rings is 1. The second-order valence-corrected chi connectivity index (χ2v) is 20.1. The van der Waals surface area contributed by atoms with Gasteiger partial charge in [-0.3, -0.25) is 29.4 Å². The van der Waals surface area contributed by atoms with Gasteiger partial charge in [0.2, 0.25) is 11.8 Å². The van der Waals surface area contributed by atoms with E-state index in [0.717, 1.165) is 79.4 Å². The van der Waals surface area contributed by atoms with E-state index in [1.807, 2.05) is 18.2 Å². The third kappa shape index (κ3) is 8.37.